The summed E-state index contributed by atoms with van der Waals surface area (Å²) in [5.41, 5.74) is -0.0434. The molecule has 0 bridgehead atoms. The van der Waals surface area contributed by atoms with Gasteiger partial charge in [-0.1, -0.05) is 13.8 Å². The first-order chi connectivity index (χ1) is 9.04. The molecule has 5 heteroatoms. The second-order valence-corrected chi connectivity index (χ2v) is 5.66. The molecule has 112 valence electrons. The maximum Gasteiger partial charge on any atom is 0.409 e. The number of piperidine rings is 1. The maximum atomic E-state index is 11.6. The summed E-state index contributed by atoms with van der Waals surface area (Å²) >= 11 is 0. The Morgan fingerprint density at radius 3 is 2.53 bits per heavy atom. The van der Waals surface area contributed by atoms with Gasteiger partial charge in [0, 0.05) is 37.7 Å². The molecule has 1 atom stereocenters. The van der Waals surface area contributed by atoms with Crippen molar-refractivity contribution in [1.82, 2.24) is 10.2 Å². The van der Waals surface area contributed by atoms with Crippen molar-refractivity contribution in [2.45, 2.75) is 46.1 Å². The van der Waals surface area contributed by atoms with E-state index in [9.17, 15) is 9.90 Å². The Morgan fingerprint density at radius 2 is 2.05 bits per heavy atom. The summed E-state index contributed by atoms with van der Waals surface area (Å²) in [5, 5.41) is 12.9. The summed E-state index contributed by atoms with van der Waals surface area (Å²) in [5.74, 6) is 0. The van der Waals surface area contributed by atoms with Crippen LogP contribution in [0.4, 0.5) is 4.79 Å². The fraction of sp³-hybridized carbons (Fsp3) is 0.929. The van der Waals surface area contributed by atoms with Crippen molar-refractivity contribution in [2.75, 3.05) is 32.8 Å². The first-order valence-electron chi connectivity index (χ1n) is 7.30. The molecule has 1 unspecified atom stereocenters. The molecule has 1 aliphatic rings. The highest BCUT2D eigenvalue weighted by Crippen LogP contribution is 2.20. The normalized spacial score (nSPS) is 20.1. The van der Waals surface area contributed by atoms with E-state index in [0.29, 0.717) is 12.6 Å². The van der Waals surface area contributed by atoms with Crippen molar-refractivity contribution in [2.24, 2.45) is 5.41 Å². The van der Waals surface area contributed by atoms with Crippen molar-refractivity contribution in [1.29, 1.82) is 0 Å². The van der Waals surface area contributed by atoms with E-state index < -0.39 is 0 Å². The molecule has 0 saturated carbocycles. The minimum Gasteiger partial charge on any atom is -0.450 e. The Morgan fingerprint density at radius 1 is 1.42 bits per heavy atom. The van der Waals surface area contributed by atoms with E-state index in [1.165, 1.54) is 0 Å². The van der Waals surface area contributed by atoms with Crippen LogP contribution in [0.1, 0.15) is 40.0 Å². The van der Waals surface area contributed by atoms with Gasteiger partial charge >= 0.3 is 6.09 Å². The number of aliphatic hydroxyl groups is 1. The lowest BCUT2D eigenvalue weighted by Crippen LogP contribution is -2.47. The van der Waals surface area contributed by atoms with Crippen molar-refractivity contribution < 1.29 is 14.6 Å². The van der Waals surface area contributed by atoms with Crippen LogP contribution in [0, 0.1) is 5.41 Å². The second kappa shape index (κ2) is 7.70. The van der Waals surface area contributed by atoms with Gasteiger partial charge in [0.15, 0.2) is 0 Å². The molecule has 1 heterocycles. The molecule has 1 fully saturated rings. The molecule has 2 N–H and O–H groups in total. The zero-order valence-corrected chi connectivity index (χ0v) is 12.4. The van der Waals surface area contributed by atoms with Gasteiger partial charge in [-0.15, -0.1) is 0 Å². The number of nitrogens with zero attached hydrogens (tertiary/aromatic N) is 1. The Labute approximate surface area is 116 Å². The lowest BCUT2D eigenvalue weighted by molar-refractivity contribution is 0.0908. The molecule has 19 heavy (non-hydrogen) atoms. The zero-order chi connectivity index (χ0) is 14.3. The van der Waals surface area contributed by atoms with Crippen LogP contribution in [0.5, 0.6) is 0 Å². The van der Waals surface area contributed by atoms with E-state index in [1.807, 2.05) is 6.92 Å². The number of amides is 1. The van der Waals surface area contributed by atoms with Crippen LogP contribution in [-0.2, 0) is 4.74 Å². The van der Waals surface area contributed by atoms with Crippen LogP contribution in [0.2, 0.25) is 0 Å². The number of nitrogens with one attached hydrogen (secondary N) is 1. The highest BCUT2D eigenvalue weighted by Gasteiger charge is 2.26. The number of rotatable bonds is 6. The fourth-order valence-corrected chi connectivity index (χ4v) is 2.16. The number of hydrogen-bond donors (Lipinski definition) is 2. The largest absolute Gasteiger partial charge is 0.450 e. The van der Waals surface area contributed by atoms with Gasteiger partial charge in [-0.2, -0.15) is 0 Å². The van der Waals surface area contributed by atoms with Crippen LogP contribution in [-0.4, -0.2) is 55.0 Å². The Balaban J connectivity index is 2.29. The smallest absolute Gasteiger partial charge is 0.409 e. The molecule has 0 aromatic rings. The van der Waals surface area contributed by atoms with Crippen LogP contribution < -0.4 is 5.32 Å². The summed E-state index contributed by atoms with van der Waals surface area (Å²) in [6, 6.07) is 0.433. The number of hydrogen-bond acceptors (Lipinski definition) is 4. The summed E-state index contributed by atoms with van der Waals surface area (Å²) in [4.78, 5) is 13.3. The summed E-state index contributed by atoms with van der Waals surface area (Å²) in [6.07, 6.45) is 2.65. The number of ether oxygens (including phenoxy) is 1. The van der Waals surface area contributed by atoms with Gasteiger partial charge in [0.1, 0.15) is 0 Å². The third kappa shape index (κ3) is 4.99. The summed E-state index contributed by atoms with van der Waals surface area (Å²) in [7, 11) is 0. The second-order valence-electron chi connectivity index (χ2n) is 5.66. The first kappa shape index (κ1) is 16.2. The molecule has 5 nitrogen and oxygen atoms in total. The van der Waals surface area contributed by atoms with Crippen molar-refractivity contribution in [3.8, 4) is 0 Å². The molecule has 0 aromatic heterocycles. The van der Waals surface area contributed by atoms with E-state index >= 15 is 0 Å². The number of likely N-dealkylation sites (tertiary alicyclic amines) is 1. The summed E-state index contributed by atoms with van der Waals surface area (Å²) < 4.78 is 5.00. The van der Waals surface area contributed by atoms with Gasteiger partial charge in [0.2, 0.25) is 0 Å². The molecule has 1 amide bonds. The van der Waals surface area contributed by atoms with Crippen molar-refractivity contribution >= 4 is 6.09 Å². The highest BCUT2D eigenvalue weighted by atomic mass is 16.6. The van der Waals surface area contributed by atoms with Gasteiger partial charge in [-0.05, 0) is 26.2 Å². The number of carbonyl (C=O) groups is 1. The zero-order valence-electron chi connectivity index (χ0n) is 12.4. The van der Waals surface area contributed by atoms with Crippen LogP contribution in [0.3, 0.4) is 0 Å². The molecular weight excluding hydrogens is 244 g/mol. The van der Waals surface area contributed by atoms with Gasteiger partial charge in [0.25, 0.3) is 0 Å². The quantitative estimate of drug-likeness (QED) is 0.771. The van der Waals surface area contributed by atoms with E-state index in [4.69, 9.17) is 4.74 Å². The Bertz CT molecular complexity index is 272. The third-order valence-electron chi connectivity index (χ3n) is 4.07. The monoisotopic (exact) mass is 272 g/mol. The Kier molecular flexibility index (Phi) is 6.58. The van der Waals surface area contributed by atoms with E-state index in [2.05, 4.69) is 19.2 Å². The van der Waals surface area contributed by atoms with Gasteiger partial charge in [-0.3, -0.25) is 0 Å². The third-order valence-corrected chi connectivity index (χ3v) is 4.07. The lowest BCUT2D eigenvalue weighted by atomic mass is 9.88. The SMILES string of the molecule is CCOC(=O)N1CCC(NCC(C)(CC)CO)CC1. The van der Waals surface area contributed by atoms with Crippen molar-refractivity contribution in [3.05, 3.63) is 0 Å². The first-order valence-corrected chi connectivity index (χ1v) is 7.30. The molecule has 0 radical (unpaired) electrons. The molecular formula is C14H28N2O3. The minimum atomic E-state index is -0.199. The van der Waals surface area contributed by atoms with Gasteiger partial charge < -0.3 is 20.1 Å². The van der Waals surface area contributed by atoms with Crippen LogP contribution >= 0.6 is 0 Å². The molecule has 0 aromatic carbocycles. The lowest BCUT2D eigenvalue weighted by Gasteiger charge is -2.34. The van der Waals surface area contributed by atoms with Gasteiger partial charge in [-0.25, -0.2) is 4.79 Å². The topological polar surface area (TPSA) is 61.8 Å². The average Bonchev–Trinajstić information content (AvgIpc) is 2.45. The number of aliphatic hydroxyl groups excluding tert-OH is 1. The molecule has 1 aliphatic heterocycles. The van der Waals surface area contributed by atoms with Gasteiger partial charge in [0.05, 0.1) is 6.61 Å². The minimum absolute atomic E-state index is 0.0434. The van der Waals surface area contributed by atoms with E-state index in [0.717, 1.165) is 38.9 Å². The van der Waals surface area contributed by atoms with E-state index in [1.54, 1.807) is 4.90 Å². The Hall–Kier alpha value is -0.810. The predicted octanol–water partition coefficient (Wildman–Crippen LogP) is 1.61. The maximum absolute atomic E-state index is 11.6. The fourth-order valence-electron chi connectivity index (χ4n) is 2.16. The molecule has 0 spiro atoms. The van der Waals surface area contributed by atoms with Crippen molar-refractivity contribution in [3.63, 3.8) is 0 Å². The van der Waals surface area contributed by atoms with Crippen LogP contribution in [0.15, 0.2) is 0 Å². The molecule has 1 saturated heterocycles. The van der Waals surface area contributed by atoms with Crippen LogP contribution in [0.25, 0.3) is 0 Å². The predicted molar refractivity (Wildman–Crippen MR) is 75.1 cm³/mol. The highest BCUT2D eigenvalue weighted by molar-refractivity contribution is 5.67. The molecule has 0 aliphatic carbocycles. The standard InChI is InChI=1S/C14H28N2O3/c1-4-14(3,11-17)10-15-12-6-8-16(9-7-12)13(18)19-5-2/h12,15,17H,4-11H2,1-3H3. The average molecular weight is 272 g/mol. The molecule has 1 rings (SSSR count). The van der Waals surface area contributed by atoms with E-state index in [-0.39, 0.29) is 18.1 Å². The summed E-state index contributed by atoms with van der Waals surface area (Å²) in [6.45, 7) is 8.98. The number of carbonyl (C=O) groups excluding carboxylic acids is 1.